The lowest BCUT2D eigenvalue weighted by molar-refractivity contribution is 0.0461. The highest BCUT2D eigenvalue weighted by Gasteiger charge is 2.20. The number of hydrogen-bond acceptors (Lipinski definition) is 4. The Morgan fingerprint density at radius 2 is 1.96 bits per heavy atom. The van der Waals surface area contributed by atoms with Gasteiger partial charge in [0.1, 0.15) is 6.61 Å². The number of methoxy groups -OCH3 is 1. The molecule has 0 atom stereocenters. The molecule has 0 aliphatic carbocycles. The third-order valence-corrected chi connectivity index (χ3v) is 3.61. The van der Waals surface area contributed by atoms with Crippen molar-refractivity contribution in [1.82, 2.24) is 9.78 Å². The van der Waals surface area contributed by atoms with Gasteiger partial charge in [-0.3, -0.25) is 0 Å². The number of aromatic nitrogens is 2. The molecule has 0 saturated carbocycles. The Hall–Kier alpha value is -2.79. The number of rotatable bonds is 5. The van der Waals surface area contributed by atoms with E-state index in [9.17, 15) is 4.79 Å². The second-order valence-electron chi connectivity index (χ2n) is 5.03. The molecular weight excluding hydrogens is 328 g/mol. The maximum Gasteiger partial charge on any atom is 0.363 e. The van der Waals surface area contributed by atoms with Crippen LogP contribution >= 0.6 is 11.6 Å². The normalized spacial score (nSPS) is 10.4. The first kappa shape index (κ1) is 16.1. The molecule has 24 heavy (non-hydrogen) atoms. The Labute approximate surface area is 144 Å². The Bertz CT molecular complexity index is 846. The summed E-state index contributed by atoms with van der Waals surface area (Å²) in [4.78, 5) is 12.3. The maximum absolute atomic E-state index is 12.3. The summed E-state index contributed by atoms with van der Waals surface area (Å²) in [5, 5.41) is 4.86. The molecule has 122 valence electrons. The summed E-state index contributed by atoms with van der Waals surface area (Å²) in [6, 6.07) is 16.6. The smallest absolute Gasteiger partial charge is 0.363 e. The fourth-order valence-electron chi connectivity index (χ4n) is 2.21. The third kappa shape index (κ3) is 3.58. The van der Waals surface area contributed by atoms with Crippen molar-refractivity contribution < 1.29 is 14.3 Å². The zero-order chi connectivity index (χ0) is 16.9. The van der Waals surface area contributed by atoms with Gasteiger partial charge in [-0.05, 0) is 29.8 Å². The minimum absolute atomic E-state index is 0.112. The fraction of sp³-hybridized carbons (Fsp3) is 0.111. The van der Waals surface area contributed by atoms with Gasteiger partial charge >= 0.3 is 5.97 Å². The number of benzene rings is 2. The molecule has 0 unspecified atom stereocenters. The van der Waals surface area contributed by atoms with Gasteiger partial charge in [0, 0.05) is 5.02 Å². The molecule has 0 N–H and O–H groups in total. The molecule has 0 spiro atoms. The Balaban J connectivity index is 1.78. The average Bonchev–Trinajstić information content (AvgIpc) is 3.05. The lowest BCUT2D eigenvalue weighted by Crippen LogP contribution is -2.08. The molecule has 0 fully saturated rings. The zero-order valence-corrected chi connectivity index (χ0v) is 13.7. The fourth-order valence-corrected chi connectivity index (χ4v) is 2.42. The Morgan fingerprint density at radius 3 is 2.67 bits per heavy atom. The van der Waals surface area contributed by atoms with Gasteiger partial charge in [0.05, 0.1) is 19.0 Å². The van der Waals surface area contributed by atoms with Crippen LogP contribution in [0.15, 0.2) is 60.8 Å². The number of halogens is 1. The van der Waals surface area contributed by atoms with E-state index in [1.807, 2.05) is 36.4 Å². The first-order valence-corrected chi connectivity index (χ1v) is 7.66. The predicted octanol–water partition coefficient (Wildman–Crippen LogP) is 3.89. The summed E-state index contributed by atoms with van der Waals surface area (Å²) in [7, 11) is 1.49. The van der Waals surface area contributed by atoms with Gasteiger partial charge in [0.15, 0.2) is 5.75 Å². The SMILES string of the molecule is COc1cn(-c2ccccc2)nc1C(=O)OCc1cccc(Cl)c1. The second kappa shape index (κ2) is 7.19. The molecule has 0 aliphatic rings. The summed E-state index contributed by atoms with van der Waals surface area (Å²) in [6.45, 7) is 0.112. The third-order valence-electron chi connectivity index (χ3n) is 3.37. The molecule has 2 aromatic carbocycles. The van der Waals surface area contributed by atoms with Gasteiger partial charge in [0.2, 0.25) is 5.69 Å². The molecule has 3 rings (SSSR count). The van der Waals surface area contributed by atoms with Crippen LogP contribution in [0, 0.1) is 0 Å². The van der Waals surface area contributed by atoms with Crippen LogP contribution in [0.2, 0.25) is 5.02 Å². The number of carbonyl (C=O) groups is 1. The molecule has 0 aliphatic heterocycles. The number of hydrogen-bond donors (Lipinski definition) is 0. The Kier molecular flexibility index (Phi) is 4.82. The molecule has 6 heteroatoms. The summed E-state index contributed by atoms with van der Waals surface area (Å²) < 4.78 is 12.1. The van der Waals surface area contributed by atoms with E-state index in [0.29, 0.717) is 10.8 Å². The van der Waals surface area contributed by atoms with E-state index >= 15 is 0 Å². The van der Waals surface area contributed by atoms with Crippen LogP contribution in [0.3, 0.4) is 0 Å². The topological polar surface area (TPSA) is 53.4 Å². The monoisotopic (exact) mass is 342 g/mol. The second-order valence-corrected chi connectivity index (χ2v) is 5.47. The van der Waals surface area contributed by atoms with Gasteiger partial charge in [-0.2, -0.15) is 5.10 Å². The van der Waals surface area contributed by atoms with Gasteiger partial charge in [0.25, 0.3) is 0 Å². The molecule has 0 radical (unpaired) electrons. The molecule has 1 heterocycles. The number of ether oxygens (including phenoxy) is 2. The molecule has 1 aromatic heterocycles. The van der Waals surface area contributed by atoms with E-state index < -0.39 is 5.97 Å². The average molecular weight is 343 g/mol. The standard InChI is InChI=1S/C18H15ClN2O3/c1-23-16-11-21(15-8-3-2-4-9-15)20-17(16)18(22)24-12-13-6-5-7-14(19)10-13/h2-11H,12H2,1H3. The van der Waals surface area contributed by atoms with E-state index in [1.54, 1.807) is 29.1 Å². The van der Waals surface area contributed by atoms with Crippen LogP contribution in [0.25, 0.3) is 5.69 Å². The lowest BCUT2D eigenvalue weighted by atomic mass is 10.2. The van der Waals surface area contributed by atoms with Crippen LogP contribution in [0.4, 0.5) is 0 Å². The van der Waals surface area contributed by atoms with Crippen molar-refractivity contribution in [3.63, 3.8) is 0 Å². The van der Waals surface area contributed by atoms with Crippen LogP contribution < -0.4 is 4.74 Å². The van der Waals surface area contributed by atoms with Crippen LogP contribution in [-0.2, 0) is 11.3 Å². The largest absolute Gasteiger partial charge is 0.493 e. The number of para-hydroxylation sites is 1. The quantitative estimate of drug-likeness (QED) is 0.660. The van der Waals surface area contributed by atoms with Crippen molar-refractivity contribution in [3.05, 3.63) is 77.1 Å². The van der Waals surface area contributed by atoms with Crippen molar-refractivity contribution in [3.8, 4) is 11.4 Å². The van der Waals surface area contributed by atoms with Crippen molar-refractivity contribution in [2.75, 3.05) is 7.11 Å². The minimum atomic E-state index is -0.554. The number of esters is 1. The molecule has 0 amide bonds. The highest BCUT2D eigenvalue weighted by Crippen LogP contribution is 2.21. The molecule has 3 aromatic rings. The van der Waals surface area contributed by atoms with E-state index in [2.05, 4.69) is 5.10 Å². The number of carbonyl (C=O) groups excluding carboxylic acids is 1. The van der Waals surface area contributed by atoms with Crippen molar-refractivity contribution in [2.24, 2.45) is 0 Å². The molecule has 0 saturated heterocycles. The van der Waals surface area contributed by atoms with Crippen LogP contribution in [0.1, 0.15) is 16.1 Å². The molecule has 5 nitrogen and oxygen atoms in total. The van der Waals surface area contributed by atoms with E-state index in [4.69, 9.17) is 21.1 Å². The number of nitrogens with zero attached hydrogens (tertiary/aromatic N) is 2. The Morgan fingerprint density at radius 1 is 1.17 bits per heavy atom. The van der Waals surface area contributed by atoms with Crippen molar-refractivity contribution in [2.45, 2.75) is 6.61 Å². The minimum Gasteiger partial charge on any atom is -0.493 e. The lowest BCUT2D eigenvalue weighted by Gasteiger charge is -2.04. The van der Waals surface area contributed by atoms with Gasteiger partial charge in [-0.1, -0.05) is 41.9 Å². The maximum atomic E-state index is 12.3. The predicted molar refractivity (Wildman–Crippen MR) is 90.7 cm³/mol. The van der Waals surface area contributed by atoms with Crippen LogP contribution in [-0.4, -0.2) is 22.9 Å². The van der Waals surface area contributed by atoms with Crippen LogP contribution in [0.5, 0.6) is 5.75 Å². The first-order valence-electron chi connectivity index (χ1n) is 7.28. The van der Waals surface area contributed by atoms with Crippen molar-refractivity contribution in [1.29, 1.82) is 0 Å². The first-order chi connectivity index (χ1) is 11.7. The highest BCUT2D eigenvalue weighted by atomic mass is 35.5. The zero-order valence-electron chi connectivity index (χ0n) is 13.0. The van der Waals surface area contributed by atoms with Gasteiger partial charge in [-0.25, -0.2) is 9.48 Å². The van der Waals surface area contributed by atoms with E-state index in [0.717, 1.165) is 11.3 Å². The van der Waals surface area contributed by atoms with Crippen molar-refractivity contribution >= 4 is 17.6 Å². The van der Waals surface area contributed by atoms with Gasteiger partial charge < -0.3 is 9.47 Å². The van der Waals surface area contributed by atoms with E-state index in [-0.39, 0.29) is 12.3 Å². The summed E-state index contributed by atoms with van der Waals surface area (Å²) in [5.74, 6) is -0.198. The molecule has 0 bridgehead atoms. The van der Waals surface area contributed by atoms with Gasteiger partial charge in [-0.15, -0.1) is 0 Å². The molecular formula is C18H15ClN2O3. The summed E-state index contributed by atoms with van der Waals surface area (Å²) in [5.41, 5.74) is 1.75. The summed E-state index contributed by atoms with van der Waals surface area (Å²) >= 11 is 5.92. The highest BCUT2D eigenvalue weighted by molar-refractivity contribution is 6.30. The summed E-state index contributed by atoms with van der Waals surface area (Å²) in [6.07, 6.45) is 1.64. The van der Waals surface area contributed by atoms with E-state index in [1.165, 1.54) is 7.11 Å².